The normalized spacial score (nSPS) is 11.7. The Balaban J connectivity index is 2.42. The lowest BCUT2D eigenvalue weighted by molar-refractivity contribution is 0.0408. The summed E-state index contributed by atoms with van der Waals surface area (Å²) in [5.41, 5.74) is 7.17. The van der Waals surface area contributed by atoms with Crippen LogP contribution in [-0.2, 0) is 16.1 Å². The van der Waals surface area contributed by atoms with Crippen LogP contribution in [0.15, 0.2) is 29.4 Å². The average molecular weight is 252 g/mol. The molecule has 0 aliphatic carbocycles. The summed E-state index contributed by atoms with van der Waals surface area (Å²) in [6.07, 6.45) is 1.01. The van der Waals surface area contributed by atoms with Gasteiger partial charge in [0.25, 0.3) is 0 Å². The molecule has 0 aliphatic heterocycles. The van der Waals surface area contributed by atoms with E-state index in [-0.39, 0.29) is 5.84 Å². The first-order chi connectivity index (χ1) is 8.79. The Morgan fingerprint density at radius 3 is 2.67 bits per heavy atom. The minimum absolute atomic E-state index is 0.0939. The van der Waals surface area contributed by atoms with E-state index in [0.717, 1.165) is 18.6 Å². The summed E-state index contributed by atoms with van der Waals surface area (Å²) in [5, 5.41) is 11.7. The quantitative estimate of drug-likeness (QED) is 0.243. The summed E-state index contributed by atoms with van der Waals surface area (Å²) in [6.45, 7) is 4.35. The zero-order chi connectivity index (χ0) is 13.2. The third kappa shape index (κ3) is 4.73. The smallest absolute Gasteiger partial charge is 0.170 e. The van der Waals surface area contributed by atoms with Crippen LogP contribution in [-0.4, -0.2) is 30.9 Å². The molecule has 0 heterocycles. The summed E-state index contributed by atoms with van der Waals surface area (Å²) in [5.74, 6) is 0.0939. The van der Waals surface area contributed by atoms with Crippen LogP contribution in [0.2, 0.25) is 0 Å². The number of hydrogen-bond donors (Lipinski definition) is 2. The van der Waals surface area contributed by atoms with Crippen LogP contribution >= 0.6 is 0 Å². The van der Waals surface area contributed by atoms with Gasteiger partial charge in [-0.3, -0.25) is 0 Å². The predicted octanol–water partition coefficient (Wildman–Crippen LogP) is 1.72. The Kier molecular flexibility index (Phi) is 6.83. The molecule has 5 nitrogen and oxygen atoms in total. The Labute approximate surface area is 107 Å². The van der Waals surface area contributed by atoms with Crippen molar-refractivity contribution in [2.75, 3.05) is 19.8 Å². The van der Waals surface area contributed by atoms with E-state index >= 15 is 0 Å². The van der Waals surface area contributed by atoms with Gasteiger partial charge in [-0.25, -0.2) is 0 Å². The van der Waals surface area contributed by atoms with Crippen molar-refractivity contribution in [1.29, 1.82) is 0 Å². The number of hydrogen-bond acceptors (Lipinski definition) is 4. The van der Waals surface area contributed by atoms with Gasteiger partial charge in [-0.05, 0) is 12.0 Å². The Bertz CT molecular complexity index is 380. The molecule has 1 rings (SSSR count). The minimum Gasteiger partial charge on any atom is -0.409 e. The molecule has 0 saturated carbocycles. The fraction of sp³-hybridized carbons (Fsp3) is 0.462. The van der Waals surface area contributed by atoms with E-state index < -0.39 is 0 Å². The van der Waals surface area contributed by atoms with Crippen LogP contribution in [0.5, 0.6) is 0 Å². The van der Waals surface area contributed by atoms with Crippen molar-refractivity contribution in [3.05, 3.63) is 35.4 Å². The van der Waals surface area contributed by atoms with Crippen LogP contribution in [0.25, 0.3) is 0 Å². The Hall–Kier alpha value is -1.59. The molecule has 0 saturated heterocycles. The van der Waals surface area contributed by atoms with E-state index in [4.69, 9.17) is 20.4 Å². The van der Waals surface area contributed by atoms with Gasteiger partial charge in [0.2, 0.25) is 0 Å². The van der Waals surface area contributed by atoms with Crippen molar-refractivity contribution in [2.45, 2.75) is 20.0 Å². The zero-order valence-corrected chi connectivity index (χ0v) is 10.6. The molecule has 0 aromatic heterocycles. The van der Waals surface area contributed by atoms with Gasteiger partial charge in [0.05, 0.1) is 19.8 Å². The molecule has 18 heavy (non-hydrogen) atoms. The summed E-state index contributed by atoms with van der Waals surface area (Å²) in [6, 6.07) is 7.41. The molecular weight excluding hydrogens is 232 g/mol. The summed E-state index contributed by atoms with van der Waals surface area (Å²) in [7, 11) is 0. The molecule has 0 fully saturated rings. The van der Waals surface area contributed by atoms with Gasteiger partial charge in [0, 0.05) is 12.2 Å². The monoisotopic (exact) mass is 252 g/mol. The van der Waals surface area contributed by atoms with Crippen molar-refractivity contribution in [3.8, 4) is 0 Å². The van der Waals surface area contributed by atoms with E-state index in [2.05, 4.69) is 12.1 Å². The van der Waals surface area contributed by atoms with E-state index in [0.29, 0.717) is 25.4 Å². The van der Waals surface area contributed by atoms with E-state index in [1.807, 2.05) is 18.2 Å². The van der Waals surface area contributed by atoms with Gasteiger partial charge >= 0.3 is 0 Å². The van der Waals surface area contributed by atoms with Crippen molar-refractivity contribution in [2.24, 2.45) is 10.9 Å². The number of benzene rings is 1. The fourth-order valence-electron chi connectivity index (χ4n) is 1.50. The van der Waals surface area contributed by atoms with Crippen molar-refractivity contribution in [1.82, 2.24) is 0 Å². The fourth-order valence-corrected chi connectivity index (χ4v) is 1.50. The first kappa shape index (κ1) is 14.5. The van der Waals surface area contributed by atoms with Crippen molar-refractivity contribution in [3.63, 3.8) is 0 Å². The summed E-state index contributed by atoms with van der Waals surface area (Å²) < 4.78 is 10.8. The molecule has 0 bridgehead atoms. The van der Waals surface area contributed by atoms with Crippen LogP contribution in [0.4, 0.5) is 0 Å². The van der Waals surface area contributed by atoms with Crippen LogP contribution in [0.3, 0.4) is 0 Å². The van der Waals surface area contributed by atoms with Crippen LogP contribution in [0.1, 0.15) is 24.5 Å². The van der Waals surface area contributed by atoms with Gasteiger partial charge in [0.15, 0.2) is 5.84 Å². The second kappa shape index (κ2) is 8.49. The molecule has 3 N–H and O–H groups in total. The summed E-state index contributed by atoms with van der Waals surface area (Å²) >= 11 is 0. The molecule has 0 spiro atoms. The minimum atomic E-state index is 0.0939. The first-order valence-corrected chi connectivity index (χ1v) is 6.00. The lowest BCUT2D eigenvalue weighted by atomic mass is 10.1. The molecule has 0 unspecified atom stereocenters. The Morgan fingerprint density at radius 1 is 1.22 bits per heavy atom. The second-order valence-electron chi connectivity index (χ2n) is 3.81. The zero-order valence-electron chi connectivity index (χ0n) is 10.6. The topological polar surface area (TPSA) is 77.1 Å². The lowest BCUT2D eigenvalue weighted by Crippen LogP contribution is -2.16. The molecule has 0 amide bonds. The maximum absolute atomic E-state index is 8.68. The van der Waals surface area contributed by atoms with E-state index in [9.17, 15) is 0 Å². The maximum Gasteiger partial charge on any atom is 0.170 e. The SMILES string of the molecule is CCCOCCOCc1ccccc1C(N)=NO. The van der Waals surface area contributed by atoms with E-state index in [1.165, 1.54) is 0 Å². The molecule has 1 aromatic carbocycles. The predicted molar refractivity (Wildman–Crippen MR) is 69.7 cm³/mol. The number of rotatable bonds is 8. The van der Waals surface area contributed by atoms with Crippen molar-refractivity contribution < 1.29 is 14.7 Å². The third-order valence-corrected chi connectivity index (χ3v) is 2.38. The molecule has 0 atom stereocenters. The van der Waals surface area contributed by atoms with Gasteiger partial charge in [-0.1, -0.05) is 36.3 Å². The molecule has 0 radical (unpaired) electrons. The van der Waals surface area contributed by atoms with E-state index in [1.54, 1.807) is 6.07 Å². The summed E-state index contributed by atoms with van der Waals surface area (Å²) in [4.78, 5) is 0. The molecule has 100 valence electrons. The number of nitrogens with zero attached hydrogens (tertiary/aromatic N) is 1. The lowest BCUT2D eigenvalue weighted by Gasteiger charge is -2.09. The second-order valence-corrected chi connectivity index (χ2v) is 3.81. The molecule has 5 heteroatoms. The molecular formula is C13H20N2O3. The first-order valence-electron chi connectivity index (χ1n) is 6.00. The number of amidine groups is 1. The number of ether oxygens (including phenoxy) is 2. The largest absolute Gasteiger partial charge is 0.409 e. The molecule has 1 aromatic rings. The highest BCUT2D eigenvalue weighted by Crippen LogP contribution is 2.09. The number of nitrogens with two attached hydrogens (primary N) is 1. The molecule has 0 aliphatic rings. The van der Waals surface area contributed by atoms with Crippen LogP contribution < -0.4 is 5.73 Å². The van der Waals surface area contributed by atoms with Gasteiger partial charge in [0.1, 0.15) is 0 Å². The highest BCUT2D eigenvalue weighted by Gasteiger charge is 2.05. The van der Waals surface area contributed by atoms with Gasteiger partial charge in [-0.2, -0.15) is 0 Å². The third-order valence-electron chi connectivity index (χ3n) is 2.38. The average Bonchev–Trinajstić information content (AvgIpc) is 2.42. The maximum atomic E-state index is 8.68. The van der Waals surface area contributed by atoms with Gasteiger partial charge < -0.3 is 20.4 Å². The Morgan fingerprint density at radius 2 is 1.94 bits per heavy atom. The highest BCUT2D eigenvalue weighted by molar-refractivity contribution is 5.98. The van der Waals surface area contributed by atoms with Crippen LogP contribution in [0, 0.1) is 0 Å². The highest BCUT2D eigenvalue weighted by atomic mass is 16.5. The van der Waals surface area contributed by atoms with Gasteiger partial charge in [-0.15, -0.1) is 0 Å². The number of oxime groups is 1. The standard InChI is InChI=1S/C13H20N2O3/c1-2-7-17-8-9-18-10-11-5-3-4-6-12(11)13(14)15-16/h3-6,16H,2,7-10H2,1H3,(H2,14,15). The van der Waals surface area contributed by atoms with Crippen molar-refractivity contribution >= 4 is 5.84 Å².